The largest absolute Gasteiger partial charge is 0.315 e. The molecule has 0 saturated carbocycles. The number of fused-ring (bicyclic) bond motifs is 1. The van der Waals surface area contributed by atoms with Gasteiger partial charge in [-0.05, 0) is 38.1 Å². The summed E-state index contributed by atoms with van der Waals surface area (Å²) in [6.07, 6.45) is 0.821. The molecular formula is C13H15ClN2O2S2. The van der Waals surface area contributed by atoms with Gasteiger partial charge in [-0.1, -0.05) is 11.6 Å². The van der Waals surface area contributed by atoms with Crippen molar-refractivity contribution >= 4 is 43.0 Å². The number of nitrogens with one attached hydrogen (secondary N) is 2. The summed E-state index contributed by atoms with van der Waals surface area (Å²) >= 11 is 7.48. The third-order valence-electron chi connectivity index (χ3n) is 3.42. The van der Waals surface area contributed by atoms with Crippen LogP contribution in [0.2, 0.25) is 5.02 Å². The second kappa shape index (κ2) is 5.27. The van der Waals surface area contributed by atoms with Crippen molar-refractivity contribution in [2.45, 2.75) is 24.3 Å². The Balaban J connectivity index is 2.07. The smallest absolute Gasteiger partial charge is 0.242 e. The molecule has 1 fully saturated rings. The first kappa shape index (κ1) is 14.3. The topological polar surface area (TPSA) is 58.2 Å². The van der Waals surface area contributed by atoms with Gasteiger partial charge in [-0.3, -0.25) is 0 Å². The van der Waals surface area contributed by atoms with E-state index in [1.807, 2.05) is 13.0 Å². The molecular weight excluding hydrogens is 316 g/mol. The van der Waals surface area contributed by atoms with E-state index in [1.165, 1.54) is 11.3 Å². The Morgan fingerprint density at radius 3 is 2.95 bits per heavy atom. The zero-order valence-corrected chi connectivity index (χ0v) is 13.3. The fourth-order valence-corrected chi connectivity index (χ4v) is 5.76. The molecule has 0 radical (unpaired) electrons. The summed E-state index contributed by atoms with van der Waals surface area (Å²) in [5, 5.41) is 4.41. The van der Waals surface area contributed by atoms with Crippen LogP contribution in [0, 0.1) is 6.92 Å². The van der Waals surface area contributed by atoms with Gasteiger partial charge in [-0.15, -0.1) is 11.3 Å². The van der Waals surface area contributed by atoms with Gasteiger partial charge in [0.15, 0.2) is 0 Å². The molecule has 1 aromatic carbocycles. The highest BCUT2D eigenvalue weighted by atomic mass is 35.5. The summed E-state index contributed by atoms with van der Waals surface area (Å²) in [5.41, 5.74) is 0. The molecule has 2 aromatic rings. The quantitative estimate of drug-likeness (QED) is 0.909. The van der Waals surface area contributed by atoms with E-state index in [1.54, 1.807) is 12.1 Å². The first-order valence-electron chi connectivity index (χ1n) is 6.39. The Morgan fingerprint density at radius 1 is 1.45 bits per heavy atom. The molecule has 2 N–H and O–H groups in total. The van der Waals surface area contributed by atoms with Crippen molar-refractivity contribution in [3.05, 3.63) is 28.1 Å². The lowest BCUT2D eigenvalue weighted by Gasteiger charge is -2.12. The molecule has 1 aliphatic heterocycles. The Kier molecular flexibility index (Phi) is 3.77. The van der Waals surface area contributed by atoms with Crippen LogP contribution in [-0.4, -0.2) is 27.5 Å². The maximum Gasteiger partial charge on any atom is 0.242 e. The van der Waals surface area contributed by atoms with Crippen LogP contribution in [0.1, 0.15) is 11.3 Å². The molecule has 0 spiro atoms. The first-order chi connectivity index (χ1) is 9.47. The Morgan fingerprint density at radius 2 is 2.25 bits per heavy atom. The van der Waals surface area contributed by atoms with E-state index in [0.29, 0.717) is 21.8 Å². The van der Waals surface area contributed by atoms with E-state index in [4.69, 9.17) is 11.6 Å². The summed E-state index contributed by atoms with van der Waals surface area (Å²) in [5.74, 6) is 0. The fourth-order valence-electron chi connectivity index (χ4n) is 2.54. The van der Waals surface area contributed by atoms with Crippen molar-refractivity contribution in [2.24, 2.45) is 0 Å². The summed E-state index contributed by atoms with van der Waals surface area (Å²) in [6.45, 7) is 3.36. The Bertz CT molecular complexity index is 749. The zero-order chi connectivity index (χ0) is 14.3. The molecule has 4 nitrogen and oxygen atoms in total. The minimum atomic E-state index is -3.51. The van der Waals surface area contributed by atoms with Gasteiger partial charge in [0, 0.05) is 32.6 Å². The number of sulfonamides is 1. The van der Waals surface area contributed by atoms with E-state index in [2.05, 4.69) is 10.0 Å². The molecule has 3 rings (SSSR count). The van der Waals surface area contributed by atoms with Crippen molar-refractivity contribution in [3.8, 4) is 0 Å². The molecule has 20 heavy (non-hydrogen) atoms. The van der Waals surface area contributed by atoms with E-state index >= 15 is 0 Å². The van der Waals surface area contributed by atoms with Crippen LogP contribution in [0.25, 0.3) is 10.1 Å². The molecule has 1 saturated heterocycles. The van der Waals surface area contributed by atoms with Crippen molar-refractivity contribution in [2.75, 3.05) is 13.1 Å². The van der Waals surface area contributed by atoms with Crippen LogP contribution in [0.15, 0.2) is 23.1 Å². The normalized spacial score (nSPS) is 19.8. The zero-order valence-electron chi connectivity index (χ0n) is 10.9. The van der Waals surface area contributed by atoms with Gasteiger partial charge < -0.3 is 5.32 Å². The molecule has 0 bridgehead atoms. The molecule has 2 heterocycles. The van der Waals surface area contributed by atoms with E-state index in [-0.39, 0.29) is 6.04 Å². The van der Waals surface area contributed by atoms with E-state index in [9.17, 15) is 8.42 Å². The van der Waals surface area contributed by atoms with Crippen LogP contribution in [0.3, 0.4) is 0 Å². The lowest BCUT2D eigenvalue weighted by molar-refractivity contribution is 0.561. The number of thiophene rings is 1. The minimum Gasteiger partial charge on any atom is -0.315 e. The minimum absolute atomic E-state index is 0.0338. The molecule has 1 aliphatic rings. The highest BCUT2D eigenvalue weighted by Crippen LogP contribution is 2.35. The van der Waals surface area contributed by atoms with Crippen LogP contribution in [0.5, 0.6) is 0 Å². The summed E-state index contributed by atoms with van der Waals surface area (Å²) in [6, 6.07) is 5.34. The van der Waals surface area contributed by atoms with Crippen LogP contribution < -0.4 is 10.0 Å². The predicted octanol–water partition coefficient (Wildman–Crippen LogP) is 2.50. The van der Waals surface area contributed by atoms with Crippen LogP contribution in [0.4, 0.5) is 0 Å². The molecule has 0 amide bonds. The molecule has 1 unspecified atom stereocenters. The first-order valence-corrected chi connectivity index (χ1v) is 9.07. The number of aryl methyl sites for hydroxylation is 1. The summed E-state index contributed by atoms with van der Waals surface area (Å²) in [7, 11) is -3.51. The summed E-state index contributed by atoms with van der Waals surface area (Å²) in [4.78, 5) is 1.16. The highest BCUT2D eigenvalue weighted by Gasteiger charge is 2.27. The Hall–Kier alpha value is -0.660. The monoisotopic (exact) mass is 330 g/mol. The molecule has 108 valence electrons. The van der Waals surface area contributed by atoms with Crippen LogP contribution in [-0.2, 0) is 10.0 Å². The lowest BCUT2D eigenvalue weighted by Crippen LogP contribution is -2.36. The predicted molar refractivity (Wildman–Crippen MR) is 83.2 cm³/mol. The average molecular weight is 331 g/mol. The third kappa shape index (κ3) is 2.58. The van der Waals surface area contributed by atoms with E-state index in [0.717, 1.165) is 22.5 Å². The maximum atomic E-state index is 12.6. The van der Waals surface area contributed by atoms with Gasteiger partial charge in [0.05, 0.1) is 0 Å². The van der Waals surface area contributed by atoms with Crippen molar-refractivity contribution in [3.63, 3.8) is 0 Å². The van der Waals surface area contributed by atoms with Gasteiger partial charge in [-0.2, -0.15) is 0 Å². The number of hydrogen-bond donors (Lipinski definition) is 2. The number of hydrogen-bond acceptors (Lipinski definition) is 4. The molecule has 1 aromatic heterocycles. The SMILES string of the molecule is Cc1sc2ccc(Cl)cc2c1S(=O)(=O)NC1CCNC1. The summed E-state index contributed by atoms with van der Waals surface area (Å²) < 4.78 is 29.0. The van der Waals surface area contributed by atoms with Gasteiger partial charge in [-0.25, -0.2) is 13.1 Å². The second-order valence-electron chi connectivity index (χ2n) is 4.94. The van der Waals surface area contributed by atoms with Crippen molar-refractivity contribution in [1.29, 1.82) is 0 Å². The maximum absolute atomic E-state index is 12.6. The number of rotatable bonds is 3. The molecule has 7 heteroatoms. The van der Waals surface area contributed by atoms with Crippen molar-refractivity contribution < 1.29 is 8.42 Å². The average Bonchev–Trinajstić information content (AvgIpc) is 2.94. The number of halogens is 1. The van der Waals surface area contributed by atoms with Gasteiger partial charge in [0.2, 0.25) is 10.0 Å². The standard InChI is InChI=1S/C13H15ClN2O2S2/c1-8-13(11-6-9(14)2-3-12(11)19-8)20(17,18)16-10-4-5-15-7-10/h2-3,6,10,15-16H,4-5,7H2,1H3. The molecule has 0 aliphatic carbocycles. The van der Waals surface area contributed by atoms with Gasteiger partial charge in [0.25, 0.3) is 0 Å². The highest BCUT2D eigenvalue weighted by molar-refractivity contribution is 7.90. The third-order valence-corrected chi connectivity index (χ3v) is 6.58. The Labute approximate surface area is 127 Å². The second-order valence-corrected chi connectivity index (χ2v) is 8.28. The van der Waals surface area contributed by atoms with Crippen LogP contribution >= 0.6 is 22.9 Å². The number of benzene rings is 1. The van der Waals surface area contributed by atoms with Gasteiger partial charge in [0.1, 0.15) is 4.90 Å². The van der Waals surface area contributed by atoms with E-state index < -0.39 is 10.0 Å². The van der Waals surface area contributed by atoms with Gasteiger partial charge >= 0.3 is 0 Å². The van der Waals surface area contributed by atoms with Crippen molar-refractivity contribution in [1.82, 2.24) is 10.0 Å². The fraction of sp³-hybridized carbons (Fsp3) is 0.385. The lowest BCUT2D eigenvalue weighted by atomic mass is 10.2. The molecule has 1 atom stereocenters.